The smallest absolute Gasteiger partial charge is 0.261 e. The molecule has 0 spiro atoms. The lowest BCUT2D eigenvalue weighted by molar-refractivity contribution is 0.0673. The molecular weight excluding hydrogens is 432 g/mol. The highest BCUT2D eigenvalue weighted by Gasteiger charge is 2.19. The van der Waals surface area contributed by atoms with Crippen molar-refractivity contribution in [2.45, 2.75) is 29.0 Å². The fourth-order valence-electron chi connectivity index (χ4n) is 3.04. The van der Waals surface area contributed by atoms with Gasteiger partial charge in [-0.25, -0.2) is 0 Å². The van der Waals surface area contributed by atoms with Crippen molar-refractivity contribution in [3.05, 3.63) is 65.2 Å². The summed E-state index contributed by atoms with van der Waals surface area (Å²) in [6.07, 6.45) is 2.09. The first-order valence-electron chi connectivity index (χ1n) is 9.81. The summed E-state index contributed by atoms with van der Waals surface area (Å²) in [6, 6.07) is 16.7. The number of carbonyl (C=O) groups is 1. The van der Waals surface area contributed by atoms with E-state index in [1.807, 2.05) is 18.2 Å². The van der Waals surface area contributed by atoms with Crippen molar-refractivity contribution < 1.29 is 14.3 Å². The van der Waals surface area contributed by atoms with Crippen molar-refractivity contribution >= 4 is 34.1 Å². The van der Waals surface area contributed by atoms with Gasteiger partial charge in [0, 0.05) is 12.4 Å². The van der Waals surface area contributed by atoms with E-state index in [0.29, 0.717) is 34.4 Å². The van der Waals surface area contributed by atoms with Crippen molar-refractivity contribution in [3.63, 3.8) is 0 Å². The Balaban J connectivity index is 1.33. The molecule has 1 N–H and O–H groups in total. The Morgan fingerprint density at radius 3 is 2.87 bits per heavy atom. The number of benzene rings is 2. The van der Waals surface area contributed by atoms with E-state index in [1.54, 1.807) is 30.3 Å². The van der Waals surface area contributed by atoms with E-state index < -0.39 is 0 Å². The predicted molar refractivity (Wildman–Crippen MR) is 119 cm³/mol. The molecule has 3 aromatic rings. The SMILES string of the molecule is N#Cc1ccc(CSc2nnc(NC(=O)c3ccccc3OCC3CCCO3)s2)cc1. The number of anilines is 1. The predicted octanol–water partition coefficient (Wildman–Crippen LogP) is 4.51. The third-order valence-corrected chi connectivity index (χ3v) is 6.70. The maximum atomic E-state index is 12.8. The number of rotatable bonds is 8. The Morgan fingerprint density at radius 2 is 2.10 bits per heavy atom. The molecule has 9 heteroatoms. The molecule has 0 radical (unpaired) electrons. The summed E-state index contributed by atoms with van der Waals surface area (Å²) in [5.74, 6) is 0.937. The summed E-state index contributed by atoms with van der Waals surface area (Å²) in [4.78, 5) is 12.8. The van der Waals surface area contributed by atoms with E-state index in [4.69, 9.17) is 14.7 Å². The van der Waals surface area contributed by atoms with Crippen LogP contribution in [0.2, 0.25) is 0 Å². The number of hydrogen-bond acceptors (Lipinski definition) is 8. The Morgan fingerprint density at radius 1 is 1.26 bits per heavy atom. The molecule has 1 aliphatic rings. The number of amides is 1. The number of nitrogens with zero attached hydrogens (tertiary/aromatic N) is 3. The van der Waals surface area contributed by atoms with Crippen molar-refractivity contribution in [2.24, 2.45) is 0 Å². The van der Waals surface area contributed by atoms with Crippen molar-refractivity contribution in [1.29, 1.82) is 5.26 Å². The zero-order valence-electron chi connectivity index (χ0n) is 16.6. The highest BCUT2D eigenvalue weighted by atomic mass is 32.2. The van der Waals surface area contributed by atoms with Gasteiger partial charge in [-0.05, 0) is 42.7 Å². The molecule has 0 bridgehead atoms. The lowest BCUT2D eigenvalue weighted by Gasteiger charge is -2.14. The largest absolute Gasteiger partial charge is 0.490 e. The molecule has 1 aromatic heterocycles. The van der Waals surface area contributed by atoms with Gasteiger partial charge < -0.3 is 9.47 Å². The van der Waals surface area contributed by atoms with Crippen LogP contribution in [-0.2, 0) is 10.5 Å². The number of carbonyl (C=O) groups excluding carboxylic acids is 1. The number of hydrogen-bond donors (Lipinski definition) is 1. The van der Waals surface area contributed by atoms with Crippen LogP contribution in [-0.4, -0.2) is 35.4 Å². The van der Waals surface area contributed by atoms with Crippen molar-refractivity contribution in [2.75, 3.05) is 18.5 Å². The van der Waals surface area contributed by atoms with Gasteiger partial charge in [-0.2, -0.15) is 5.26 Å². The Bertz CT molecular complexity index is 1070. The molecule has 2 heterocycles. The summed E-state index contributed by atoms with van der Waals surface area (Å²) in [7, 11) is 0. The third-order valence-electron chi connectivity index (χ3n) is 4.65. The first-order valence-corrected chi connectivity index (χ1v) is 11.6. The Labute approximate surface area is 188 Å². The fourth-order valence-corrected chi connectivity index (χ4v) is 4.75. The van der Waals surface area contributed by atoms with Gasteiger partial charge in [-0.3, -0.25) is 10.1 Å². The number of para-hydroxylation sites is 1. The minimum Gasteiger partial charge on any atom is -0.490 e. The molecule has 1 saturated heterocycles. The van der Waals surface area contributed by atoms with Gasteiger partial charge in [0.2, 0.25) is 5.13 Å². The van der Waals surface area contributed by atoms with Gasteiger partial charge in [-0.15, -0.1) is 10.2 Å². The van der Waals surface area contributed by atoms with E-state index in [-0.39, 0.29) is 12.0 Å². The maximum Gasteiger partial charge on any atom is 0.261 e. The maximum absolute atomic E-state index is 12.8. The van der Waals surface area contributed by atoms with Crippen LogP contribution < -0.4 is 10.1 Å². The van der Waals surface area contributed by atoms with E-state index in [1.165, 1.54) is 23.1 Å². The standard InChI is InChI=1S/C22H20N4O3S2/c23-12-15-7-9-16(10-8-15)14-30-22-26-25-21(31-22)24-20(27)18-5-1-2-6-19(18)29-13-17-4-3-11-28-17/h1-2,5-10,17H,3-4,11,13-14H2,(H,24,25,27). The average Bonchev–Trinajstić information content (AvgIpc) is 3.49. The summed E-state index contributed by atoms with van der Waals surface area (Å²) in [5.41, 5.74) is 2.17. The van der Waals surface area contributed by atoms with Crippen molar-refractivity contribution in [1.82, 2.24) is 10.2 Å². The van der Waals surface area contributed by atoms with Gasteiger partial charge in [0.15, 0.2) is 4.34 Å². The van der Waals surface area contributed by atoms with Crippen LogP contribution in [0.15, 0.2) is 52.9 Å². The minimum absolute atomic E-state index is 0.0787. The van der Waals surface area contributed by atoms with Gasteiger partial charge >= 0.3 is 0 Å². The highest BCUT2D eigenvalue weighted by Crippen LogP contribution is 2.29. The number of nitriles is 1. The van der Waals surface area contributed by atoms with Crippen LogP contribution in [0.3, 0.4) is 0 Å². The lowest BCUT2D eigenvalue weighted by atomic mass is 10.2. The minimum atomic E-state index is -0.289. The van der Waals surface area contributed by atoms with Gasteiger partial charge in [-0.1, -0.05) is 47.4 Å². The molecule has 158 valence electrons. The molecule has 1 amide bonds. The summed E-state index contributed by atoms with van der Waals surface area (Å²) in [6.45, 7) is 1.19. The van der Waals surface area contributed by atoms with Crippen LogP contribution >= 0.6 is 23.1 Å². The zero-order chi connectivity index (χ0) is 21.5. The summed E-state index contributed by atoms with van der Waals surface area (Å²) < 4.78 is 12.2. The first kappa shape index (κ1) is 21.3. The second-order valence-electron chi connectivity index (χ2n) is 6.87. The monoisotopic (exact) mass is 452 g/mol. The van der Waals surface area contributed by atoms with Crippen molar-refractivity contribution in [3.8, 4) is 11.8 Å². The summed E-state index contributed by atoms with van der Waals surface area (Å²) >= 11 is 2.85. The molecule has 1 fully saturated rings. The van der Waals surface area contributed by atoms with E-state index >= 15 is 0 Å². The second kappa shape index (κ2) is 10.4. The second-order valence-corrected chi connectivity index (χ2v) is 9.07. The van der Waals surface area contributed by atoms with Crippen LogP contribution in [0.5, 0.6) is 5.75 Å². The fraction of sp³-hybridized carbons (Fsp3) is 0.273. The zero-order valence-corrected chi connectivity index (χ0v) is 18.2. The number of aromatic nitrogens is 2. The number of thioether (sulfide) groups is 1. The molecule has 0 saturated carbocycles. The number of ether oxygens (including phenoxy) is 2. The van der Waals surface area contributed by atoms with E-state index in [9.17, 15) is 4.79 Å². The number of nitrogens with one attached hydrogen (secondary N) is 1. The molecule has 2 aromatic carbocycles. The van der Waals surface area contributed by atoms with E-state index in [2.05, 4.69) is 21.6 Å². The average molecular weight is 453 g/mol. The van der Waals surface area contributed by atoms with Gasteiger partial charge in [0.25, 0.3) is 5.91 Å². The topological polar surface area (TPSA) is 97.1 Å². The molecule has 4 rings (SSSR count). The van der Waals surface area contributed by atoms with Gasteiger partial charge in [0.05, 0.1) is 23.3 Å². The van der Waals surface area contributed by atoms with E-state index in [0.717, 1.165) is 29.4 Å². The van der Waals surface area contributed by atoms with Crippen LogP contribution in [0.1, 0.15) is 34.3 Å². The van der Waals surface area contributed by atoms with Crippen LogP contribution in [0.4, 0.5) is 5.13 Å². The molecule has 1 unspecified atom stereocenters. The molecule has 7 nitrogen and oxygen atoms in total. The van der Waals surface area contributed by atoms with Gasteiger partial charge in [0.1, 0.15) is 12.4 Å². The highest BCUT2D eigenvalue weighted by molar-refractivity contribution is 8.00. The lowest BCUT2D eigenvalue weighted by Crippen LogP contribution is -2.19. The quantitative estimate of drug-likeness (QED) is 0.397. The molecule has 0 aliphatic carbocycles. The normalized spacial score (nSPS) is 15.4. The van der Waals surface area contributed by atoms with Crippen LogP contribution in [0.25, 0.3) is 0 Å². The Hall–Kier alpha value is -2.93. The first-order chi connectivity index (χ1) is 15.2. The van der Waals surface area contributed by atoms with Crippen LogP contribution in [0, 0.1) is 11.3 Å². The molecule has 1 aliphatic heterocycles. The molecule has 31 heavy (non-hydrogen) atoms. The molecular formula is C22H20N4O3S2. The summed E-state index contributed by atoms with van der Waals surface area (Å²) in [5, 5.41) is 20.3. The molecule has 1 atom stereocenters. The third kappa shape index (κ3) is 5.82. The Kier molecular flexibility index (Phi) is 7.14.